The van der Waals surface area contributed by atoms with Crippen LogP contribution in [0.2, 0.25) is 5.02 Å². The lowest BCUT2D eigenvalue weighted by molar-refractivity contribution is -0.125. The molecule has 0 aliphatic rings. The lowest BCUT2D eigenvalue weighted by atomic mass is 10.3. The van der Waals surface area contributed by atoms with Crippen molar-refractivity contribution in [1.29, 1.82) is 0 Å². The fraction of sp³-hybridized carbons (Fsp3) is 0.500. The first-order valence-corrected chi connectivity index (χ1v) is 6.12. The summed E-state index contributed by atoms with van der Waals surface area (Å²) in [6, 6.07) is 6.41. The Bertz CT molecular complexity index is 420. The monoisotopic (exact) mass is 315 g/mol. The second-order valence-corrected chi connectivity index (χ2v) is 4.55. The van der Waals surface area contributed by atoms with Gasteiger partial charge in [-0.25, -0.2) is 8.78 Å². The minimum absolute atomic E-state index is 0.173. The summed E-state index contributed by atoms with van der Waals surface area (Å²) >= 11 is 5.71. The van der Waals surface area contributed by atoms with Crippen molar-refractivity contribution in [2.75, 3.05) is 19.7 Å². The molecule has 0 radical (unpaired) electrons. The van der Waals surface area contributed by atoms with E-state index in [1.54, 1.807) is 18.2 Å². The average molecular weight is 316 g/mol. The smallest absolute Gasteiger partial charge is 0.319 e. The van der Waals surface area contributed by atoms with Crippen molar-refractivity contribution in [3.8, 4) is 5.75 Å². The van der Waals surface area contributed by atoms with Gasteiger partial charge in [0.1, 0.15) is 18.5 Å². The van der Waals surface area contributed by atoms with Crippen LogP contribution in [-0.2, 0) is 0 Å². The number of rotatable bonds is 8. The van der Waals surface area contributed by atoms with E-state index in [0.717, 1.165) is 0 Å². The molecule has 0 heterocycles. The molecule has 8 heteroatoms. The number of halogens is 5. The van der Waals surface area contributed by atoms with Crippen LogP contribution in [0.5, 0.6) is 5.75 Å². The van der Waals surface area contributed by atoms with Crippen LogP contribution >= 0.6 is 11.6 Å². The van der Waals surface area contributed by atoms with Gasteiger partial charge in [0, 0.05) is 11.6 Å². The van der Waals surface area contributed by atoms with Gasteiger partial charge in [-0.15, -0.1) is 0 Å². The van der Waals surface area contributed by atoms with Gasteiger partial charge in [-0.2, -0.15) is 8.78 Å². The van der Waals surface area contributed by atoms with Crippen LogP contribution in [0.3, 0.4) is 0 Å². The van der Waals surface area contributed by atoms with E-state index in [9.17, 15) is 22.7 Å². The fourth-order valence-electron chi connectivity index (χ4n) is 1.29. The molecule has 20 heavy (non-hydrogen) atoms. The lowest BCUT2D eigenvalue weighted by Gasteiger charge is -2.18. The summed E-state index contributed by atoms with van der Waals surface area (Å²) in [5.41, 5.74) is 0. The first kappa shape index (κ1) is 17.0. The van der Waals surface area contributed by atoms with E-state index in [4.69, 9.17) is 16.3 Å². The van der Waals surface area contributed by atoms with Crippen molar-refractivity contribution in [1.82, 2.24) is 5.32 Å². The first-order chi connectivity index (χ1) is 9.31. The Morgan fingerprint density at radius 1 is 1.35 bits per heavy atom. The summed E-state index contributed by atoms with van der Waals surface area (Å²) in [4.78, 5) is 0. The molecule has 0 spiro atoms. The second-order valence-electron chi connectivity index (χ2n) is 4.11. The van der Waals surface area contributed by atoms with Crippen molar-refractivity contribution in [3.05, 3.63) is 29.3 Å². The van der Waals surface area contributed by atoms with E-state index in [1.165, 1.54) is 6.07 Å². The van der Waals surface area contributed by atoms with E-state index in [0.29, 0.717) is 10.8 Å². The number of aliphatic hydroxyl groups excluding tert-OH is 1. The summed E-state index contributed by atoms with van der Waals surface area (Å²) in [6.45, 7) is -1.67. The predicted octanol–water partition coefficient (Wildman–Crippen LogP) is 2.57. The summed E-state index contributed by atoms with van der Waals surface area (Å²) in [7, 11) is 0. The highest BCUT2D eigenvalue weighted by Gasteiger charge is 2.40. The quantitative estimate of drug-likeness (QED) is 0.725. The number of alkyl halides is 4. The SMILES string of the molecule is OC(CNCC(F)(F)C(F)F)COc1cccc(Cl)c1. The molecule has 0 saturated heterocycles. The topological polar surface area (TPSA) is 41.5 Å². The number of hydrogen-bond acceptors (Lipinski definition) is 3. The molecule has 1 atom stereocenters. The Morgan fingerprint density at radius 2 is 2.05 bits per heavy atom. The molecule has 0 aliphatic heterocycles. The van der Waals surface area contributed by atoms with Crippen LogP contribution in [0.25, 0.3) is 0 Å². The maximum atomic E-state index is 12.6. The van der Waals surface area contributed by atoms with Crippen LogP contribution in [0.1, 0.15) is 0 Å². The van der Waals surface area contributed by atoms with Gasteiger partial charge in [0.15, 0.2) is 0 Å². The highest BCUT2D eigenvalue weighted by Crippen LogP contribution is 2.21. The fourth-order valence-corrected chi connectivity index (χ4v) is 1.47. The van der Waals surface area contributed by atoms with Gasteiger partial charge in [-0.3, -0.25) is 0 Å². The molecule has 0 amide bonds. The number of benzene rings is 1. The Morgan fingerprint density at radius 3 is 2.65 bits per heavy atom. The predicted molar refractivity (Wildman–Crippen MR) is 66.8 cm³/mol. The maximum Gasteiger partial charge on any atom is 0.319 e. The second kappa shape index (κ2) is 7.66. The molecular weight excluding hydrogens is 302 g/mol. The summed E-state index contributed by atoms with van der Waals surface area (Å²) in [5, 5.41) is 12.0. The summed E-state index contributed by atoms with van der Waals surface area (Å²) in [5.74, 6) is -3.71. The van der Waals surface area contributed by atoms with Gasteiger partial charge in [0.2, 0.25) is 0 Å². The van der Waals surface area contributed by atoms with Crippen molar-refractivity contribution in [3.63, 3.8) is 0 Å². The Balaban J connectivity index is 2.26. The van der Waals surface area contributed by atoms with Gasteiger partial charge in [0.25, 0.3) is 0 Å². The van der Waals surface area contributed by atoms with Crippen LogP contribution in [-0.4, -0.2) is 43.3 Å². The minimum atomic E-state index is -4.12. The normalized spacial score (nSPS) is 13.6. The maximum absolute atomic E-state index is 12.6. The standard InChI is InChI=1S/C12H14ClF4NO2/c13-8-2-1-3-10(4-8)20-6-9(19)5-18-7-12(16,17)11(14)15/h1-4,9,11,18-19H,5-7H2. The molecule has 3 nitrogen and oxygen atoms in total. The van der Waals surface area contributed by atoms with Crippen LogP contribution in [0.4, 0.5) is 17.6 Å². The molecule has 2 N–H and O–H groups in total. The lowest BCUT2D eigenvalue weighted by Crippen LogP contribution is -2.42. The molecule has 0 saturated carbocycles. The van der Waals surface area contributed by atoms with E-state index < -0.39 is 25.0 Å². The molecular formula is C12H14ClF4NO2. The highest BCUT2D eigenvalue weighted by atomic mass is 35.5. The van der Waals surface area contributed by atoms with Crippen molar-refractivity contribution in [2.45, 2.75) is 18.5 Å². The third-order valence-electron chi connectivity index (χ3n) is 2.30. The number of aliphatic hydroxyl groups is 1. The van der Waals surface area contributed by atoms with Gasteiger partial charge in [0.05, 0.1) is 6.54 Å². The van der Waals surface area contributed by atoms with Crippen LogP contribution < -0.4 is 10.1 Å². The number of ether oxygens (including phenoxy) is 1. The van der Waals surface area contributed by atoms with Gasteiger partial charge >= 0.3 is 12.3 Å². The molecule has 0 aliphatic carbocycles. The highest BCUT2D eigenvalue weighted by molar-refractivity contribution is 6.30. The van der Waals surface area contributed by atoms with Crippen molar-refractivity contribution >= 4 is 11.6 Å². The zero-order chi connectivity index (χ0) is 15.2. The van der Waals surface area contributed by atoms with Gasteiger partial charge in [-0.05, 0) is 18.2 Å². The molecule has 1 aromatic carbocycles. The summed E-state index contributed by atoms with van der Waals surface area (Å²) in [6.07, 6.45) is -4.85. The molecule has 1 aromatic rings. The zero-order valence-electron chi connectivity index (χ0n) is 10.3. The minimum Gasteiger partial charge on any atom is -0.491 e. The van der Waals surface area contributed by atoms with E-state index in [1.807, 2.05) is 0 Å². The zero-order valence-corrected chi connectivity index (χ0v) is 11.1. The Kier molecular flexibility index (Phi) is 6.51. The molecule has 114 valence electrons. The van der Waals surface area contributed by atoms with Crippen molar-refractivity contribution in [2.24, 2.45) is 0 Å². The van der Waals surface area contributed by atoms with E-state index in [-0.39, 0.29) is 13.2 Å². The third-order valence-corrected chi connectivity index (χ3v) is 2.53. The van der Waals surface area contributed by atoms with E-state index in [2.05, 4.69) is 5.32 Å². The van der Waals surface area contributed by atoms with Crippen LogP contribution in [0.15, 0.2) is 24.3 Å². The average Bonchev–Trinajstić information content (AvgIpc) is 2.36. The Hall–Kier alpha value is -1.05. The van der Waals surface area contributed by atoms with Crippen LogP contribution in [0, 0.1) is 0 Å². The molecule has 1 rings (SSSR count). The largest absolute Gasteiger partial charge is 0.491 e. The van der Waals surface area contributed by atoms with Crippen molar-refractivity contribution < 1.29 is 27.4 Å². The molecule has 1 unspecified atom stereocenters. The van der Waals surface area contributed by atoms with Gasteiger partial charge in [-0.1, -0.05) is 17.7 Å². The molecule has 0 fully saturated rings. The Labute approximate surface area is 118 Å². The molecule has 0 bridgehead atoms. The molecule has 0 aromatic heterocycles. The number of hydrogen-bond donors (Lipinski definition) is 2. The number of nitrogens with one attached hydrogen (secondary N) is 1. The third kappa shape index (κ3) is 5.94. The first-order valence-electron chi connectivity index (χ1n) is 5.74. The summed E-state index contributed by atoms with van der Waals surface area (Å²) < 4.78 is 54.0. The van der Waals surface area contributed by atoms with Gasteiger partial charge < -0.3 is 15.2 Å². The van der Waals surface area contributed by atoms with E-state index >= 15 is 0 Å².